The summed E-state index contributed by atoms with van der Waals surface area (Å²) in [5, 5.41) is 9.30. The number of hydrogen-bond donors (Lipinski definition) is 1. The number of ether oxygens (including phenoxy) is 3. The van der Waals surface area contributed by atoms with Crippen molar-refractivity contribution in [2.45, 2.75) is 82.9 Å². The monoisotopic (exact) mass is 549 g/mol. The van der Waals surface area contributed by atoms with Gasteiger partial charge in [0.1, 0.15) is 22.5 Å². The highest BCUT2D eigenvalue weighted by Gasteiger charge is 2.37. The highest BCUT2D eigenvalue weighted by atomic mass is 32.1. The summed E-state index contributed by atoms with van der Waals surface area (Å²) in [6, 6.07) is 8.36. The van der Waals surface area contributed by atoms with E-state index in [9.17, 15) is 4.79 Å². The summed E-state index contributed by atoms with van der Waals surface area (Å²) in [7, 11) is 1.75. The summed E-state index contributed by atoms with van der Waals surface area (Å²) in [6.45, 7) is 6.62. The van der Waals surface area contributed by atoms with Crippen LogP contribution in [0.1, 0.15) is 85.7 Å². The number of hydrogen-bond acceptors (Lipinski definition) is 7. The van der Waals surface area contributed by atoms with E-state index in [4.69, 9.17) is 19.3 Å². The fourth-order valence-electron chi connectivity index (χ4n) is 6.77. The SMILES string of the molecule is COc1ccccc1C(CC1CCOCC1)Cn1nc(C2(C)CCCC2)c(=O)c2c(C)c(C3NC=CO3)sc21. The van der Waals surface area contributed by atoms with Gasteiger partial charge in [0.05, 0.1) is 17.4 Å². The summed E-state index contributed by atoms with van der Waals surface area (Å²) in [6.07, 6.45) is 10.7. The number of nitrogens with one attached hydrogen (secondary N) is 1. The van der Waals surface area contributed by atoms with Crippen molar-refractivity contribution in [2.75, 3.05) is 20.3 Å². The molecule has 2 aromatic heterocycles. The van der Waals surface area contributed by atoms with Crippen LogP contribution in [-0.4, -0.2) is 30.1 Å². The van der Waals surface area contributed by atoms with Crippen molar-refractivity contribution in [3.8, 4) is 5.75 Å². The van der Waals surface area contributed by atoms with Crippen LogP contribution in [0.15, 0.2) is 41.5 Å². The Morgan fingerprint density at radius 1 is 1.23 bits per heavy atom. The number of rotatable bonds is 8. The zero-order valence-electron chi connectivity index (χ0n) is 23.2. The van der Waals surface area contributed by atoms with Crippen LogP contribution >= 0.6 is 11.3 Å². The van der Waals surface area contributed by atoms with Gasteiger partial charge in [-0.25, -0.2) is 0 Å². The van der Waals surface area contributed by atoms with Gasteiger partial charge in [-0.1, -0.05) is 38.0 Å². The van der Waals surface area contributed by atoms with Crippen LogP contribution in [0.3, 0.4) is 0 Å². The number of aryl methyl sites for hydroxylation is 1. The first-order chi connectivity index (χ1) is 19.0. The van der Waals surface area contributed by atoms with Gasteiger partial charge in [-0.2, -0.15) is 5.10 Å². The minimum Gasteiger partial charge on any atom is -0.496 e. The molecule has 2 unspecified atom stereocenters. The summed E-state index contributed by atoms with van der Waals surface area (Å²) in [4.78, 5) is 16.1. The lowest BCUT2D eigenvalue weighted by Gasteiger charge is -2.29. The van der Waals surface area contributed by atoms with E-state index in [2.05, 4.69) is 42.0 Å². The first-order valence-electron chi connectivity index (χ1n) is 14.3. The number of benzene rings is 1. The van der Waals surface area contributed by atoms with E-state index >= 15 is 0 Å². The Kier molecular flexibility index (Phi) is 7.42. The van der Waals surface area contributed by atoms with Gasteiger partial charge in [0, 0.05) is 37.3 Å². The standard InChI is InChI=1S/C31H39N3O4S/c1-20-25-26(35)28(31(2)12-6-7-13-31)33-34(30(25)39-27(20)29-32-14-17-38-29)19-22(18-21-10-15-37-16-11-21)23-8-4-5-9-24(23)36-3/h4-5,8-9,14,17,21-22,29,32H,6-7,10-13,15-16,18-19H2,1-3H3. The summed E-state index contributed by atoms with van der Waals surface area (Å²) in [5.41, 5.74) is 2.83. The van der Waals surface area contributed by atoms with Crippen molar-refractivity contribution >= 4 is 21.6 Å². The molecule has 0 spiro atoms. The van der Waals surface area contributed by atoms with Crippen LogP contribution in [0.2, 0.25) is 0 Å². The molecule has 0 bridgehead atoms. The van der Waals surface area contributed by atoms with Crippen LogP contribution in [0.25, 0.3) is 10.2 Å². The van der Waals surface area contributed by atoms with Gasteiger partial charge in [0.15, 0.2) is 0 Å². The van der Waals surface area contributed by atoms with Crippen LogP contribution < -0.4 is 15.5 Å². The topological polar surface area (TPSA) is 74.6 Å². The Bertz CT molecular complexity index is 1410. The summed E-state index contributed by atoms with van der Waals surface area (Å²) < 4.78 is 19.5. The molecule has 1 aromatic carbocycles. The third-order valence-electron chi connectivity index (χ3n) is 9.04. The van der Waals surface area contributed by atoms with Gasteiger partial charge in [-0.05, 0) is 62.1 Å². The normalized spacial score (nSPS) is 21.7. The van der Waals surface area contributed by atoms with E-state index in [1.807, 2.05) is 12.3 Å². The van der Waals surface area contributed by atoms with Gasteiger partial charge in [-0.3, -0.25) is 9.48 Å². The van der Waals surface area contributed by atoms with E-state index < -0.39 is 0 Å². The van der Waals surface area contributed by atoms with Crippen molar-refractivity contribution in [2.24, 2.45) is 5.92 Å². The second-order valence-electron chi connectivity index (χ2n) is 11.6. The lowest BCUT2D eigenvalue weighted by molar-refractivity contribution is 0.0609. The molecule has 208 valence electrons. The third kappa shape index (κ3) is 4.97. The first-order valence-corrected chi connectivity index (χ1v) is 15.1. The van der Waals surface area contributed by atoms with Crippen molar-refractivity contribution in [1.29, 1.82) is 0 Å². The molecule has 2 atom stereocenters. The predicted molar refractivity (Wildman–Crippen MR) is 154 cm³/mol. The van der Waals surface area contributed by atoms with Gasteiger partial charge >= 0.3 is 0 Å². The van der Waals surface area contributed by atoms with Crippen molar-refractivity contribution in [3.05, 3.63) is 68.6 Å². The Morgan fingerprint density at radius 2 is 2.00 bits per heavy atom. The highest BCUT2D eigenvalue weighted by Crippen LogP contribution is 2.42. The Labute approximate surface area is 234 Å². The van der Waals surface area contributed by atoms with E-state index in [1.165, 1.54) is 5.56 Å². The quantitative estimate of drug-likeness (QED) is 0.356. The first kappa shape index (κ1) is 26.4. The molecule has 4 heterocycles. The number of fused-ring (bicyclic) bond motifs is 1. The fourth-order valence-corrected chi connectivity index (χ4v) is 8.04. The van der Waals surface area contributed by atoms with Gasteiger partial charge < -0.3 is 19.5 Å². The van der Waals surface area contributed by atoms with Gasteiger partial charge in [0.2, 0.25) is 11.7 Å². The molecule has 2 aliphatic heterocycles. The molecule has 1 N–H and O–H groups in total. The largest absolute Gasteiger partial charge is 0.496 e. The summed E-state index contributed by atoms with van der Waals surface area (Å²) in [5.74, 6) is 1.69. The molecule has 39 heavy (non-hydrogen) atoms. The maximum atomic E-state index is 14.1. The van der Waals surface area contributed by atoms with Crippen LogP contribution in [0, 0.1) is 12.8 Å². The second kappa shape index (κ2) is 11.0. The van der Waals surface area contributed by atoms with Crippen LogP contribution in [0.5, 0.6) is 5.75 Å². The van der Waals surface area contributed by atoms with E-state index in [-0.39, 0.29) is 23.0 Å². The van der Waals surface area contributed by atoms with Gasteiger partial charge in [0.25, 0.3) is 0 Å². The summed E-state index contributed by atoms with van der Waals surface area (Å²) >= 11 is 1.63. The molecule has 1 saturated heterocycles. The minimum absolute atomic E-state index is 0.0925. The van der Waals surface area contributed by atoms with Gasteiger partial charge in [-0.15, -0.1) is 11.3 Å². The molecule has 3 aromatic rings. The zero-order chi connectivity index (χ0) is 27.0. The van der Waals surface area contributed by atoms with E-state index in [1.54, 1.807) is 24.7 Å². The number of para-hydroxylation sites is 1. The molecule has 0 radical (unpaired) electrons. The molecular formula is C31H39N3O4S. The van der Waals surface area contributed by atoms with Crippen LogP contribution in [-0.2, 0) is 21.4 Å². The smallest absolute Gasteiger partial charge is 0.212 e. The molecule has 1 aliphatic carbocycles. The Balaban J connectivity index is 1.49. The lowest BCUT2D eigenvalue weighted by atomic mass is 9.83. The molecule has 7 nitrogen and oxygen atoms in total. The third-order valence-corrected chi connectivity index (χ3v) is 10.4. The molecule has 0 amide bonds. The fraction of sp³-hybridized carbons (Fsp3) is 0.548. The molecule has 3 aliphatic rings. The maximum Gasteiger partial charge on any atom is 0.212 e. The van der Waals surface area contributed by atoms with E-state index in [0.717, 1.165) is 90.3 Å². The maximum absolute atomic E-state index is 14.1. The molecule has 8 heteroatoms. The van der Waals surface area contributed by atoms with Crippen molar-refractivity contribution in [1.82, 2.24) is 15.1 Å². The lowest BCUT2D eigenvalue weighted by Crippen LogP contribution is -2.31. The molecular weight excluding hydrogens is 510 g/mol. The Hall–Kier alpha value is -2.84. The molecule has 6 rings (SSSR count). The average molecular weight is 550 g/mol. The number of aromatic nitrogens is 2. The minimum atomic E-state index is -0.270. The van der Waals surface area contributed by atoms with Crippen LogP contribution in [0.4, 0.5) is 0 Å². The van der Waals surface area contributed by atoms with Crippen molar-refractivity contribution in [3.63, 3.8) is 0 Å². The molecule has 1 saturated carbocycles. The zero-order valence-corrected chi connectivity index (χ0v) is 24.0. The van der Waals surface area contributed by atoms with Crippen molar-refractivity contribution < 1.29 is 14.2 Å². The average Bonchev–Trinajstić information content (AvgIpc) is 3.71. The highest BCUT2D eigenvalue weighted by molar-refractivity contribution is 7.19. The molecule has 2 fully saturated rings. The number of methoxy groups -OCH3 is 1. The predicted octanol–water partition coefficient (Wildman–Crippen LogP) is 6.30. The second-order valence-corrected chi connectivity index (χ2v) is 12.6. The number of thiophene rings is 1. The number of nitrogens with zero attached hydrogens (tertiary/aromatic N) is 2. The van der Waals surface area contributed by atoms with E-state index in [0.29, 0.717) is 12.5 Å². The Morgan fingerprint density at radius 3 is 2.72 bits per heavy atom.